The van der Waals surface area contributed by atoms with E-state index in [9.17, 15) is 0 Å². The SMILES string of the molecule is Cc1ccc(N)cc1Nc1ccc(C#N)c(C#N)c1. The second-order valence-electron chi connectivity index (χ2n) is 4.18. The lowest BCUT2D eigenvalue weighted by Crippen LogP contribution is -1.96. The van der Waals surface area contributed by atoms with Crippen molar-refractivity contribution in [2.45, 2.75) is 6.92 Å². The van der Waals surface area contributed by atoms with Crippen LogP contribution < -0.4 is 11.1 Å². The molecule has 0 radical (unpaired) electrons. The van der Waals surface area contributed by atoms with Crippen molar-refractivity contribution in [3.8, 4) is 12.1 Å². The number of benzene rings is 2. The first-order valence-corrected chi connectivity index (χ1v) is 5.71. The molecule has 2 rings (SSSR count). The molecule has 0 aliphatic heterocycles. The summed E-state index contributed by atoms with van der Waals surface area (Å²) in [4.78, 5) is 0. The van der Waals surface area contributed by atoms with Crippen LogP contribution in [-0.2, 0) is 0 Å². The Balaban J connectivity index is 2.37. The zero-order valence-electron chi connectivity index (χ0n) is 10.4. The lowest BCUT2D eigenvalue weighted by Gasteiger charge is -2.11. The fraction of sp³-hybridized carbons (Fsp3) is 0.0667. The summed E-state index contributed by atoms with van der Waals surface area (Å²) in [6, 6.07) is 14.6. The topological polar surface area (TPSA) is 85.6 Å². The molecule has 0 aromatic heterocycles. The molecule has 19 heavy (non-hydrogen) atoms. The molecule has 3 N–H and O–H groups in total. The average Bonchev–Trinajstić information content (AvgIpc) is 2.42. The standard InChI is InChI=1S/C15H12N4/c1-10-2-4-13(18)7-15(10)19-14-5-3-11(8-16)12(6-14)9-17/h2-7,19H,18H2,1H3. The van der Waals surface area contributed by atoms with Crippen LogP contribution in [0.4, 0.5) is 17.1 Å². The molecule has 0 spiro atoms. The van der Waals surface area contributed by atoms with E-state index in [-0.39, 0.29) is 0 Å². The molecule has 0 amide bonds. The van der Waals surface area contributed by atoms with Gasteiger partial charge in [0.05, 0.1) is 11.1 Å². The molecule has 2 aromatic carbocycles. The van der Waals surface area contributed by atoms with Crippen LogP contribution in [0.3, 0.4) is 0 Å². The van der Waals surface area contributed by atoms with Crippen molar-refractivity contribution in [1.82, 2.24) is 0 Å². The minimum absolute atomic E-state index is 0.356. The summed E-state index contributed by atoms with van der Waals surface area (Å²) >= 11 is 0. The van der Waals surface area contributed by atoms with Gasteiger partial charge in [0.15, 0.2) is 0 Å². The monoisotopic (exact) mass is 248 g/mol. The molecule has 4 nitrogen and oxygen atoms in total. The van der Waals surface area contributed by atoms with E-state index in [1.54, 1.807) is 18.2 Å². The minimum Gasteiger partial charge on any atom is -0.399 e. The van der Waals surface area contributed by atoms with Crippen molar-refractivity contribution < 1.29 is 0 Å². The summed E-state index contributed by atoms with van der Waals surface area (Å²) in [6.45, 7) is 1.97. The molecular weight excluding hydrogens is 236 g/mol. The second kappa shape index (κ2) is 5.12. The third-order valence-electron chi connectivity index (χ3n) is 2.80. The molecule has 0 heterocycles. The zero-order valence-corrected chi connectivity index (χ0v) is 10.4. The summed E-state index contributed by atoms with van der Waals surface area (Å²) in [7, 11) is 0. The number of nitriles is 2. The summed E-state index contributed by atoms with van der Waals surface area (Å²) in [6.07, 6.45) is 0. The van der Waals surface area contributed by atoms with E-state index in [0.29, 0.717) is 16.8 Å². The highest BCUT2D eigenvalue weighted by Gasteiger charge is 2.04. The Labute approximate surface area is 111 Å². The van der Waals surface area contributed by atoms with E-state index in [1.165, 1.54) is 0 Å². The number of nitrogens with zero attached hydrogens (tertiary/aromatic N) is 2. The van der Waals surface area contributed by atoms with E-state index >= 15 is 0 Å². The van der Waals surface area contributed by atoms with E-state index in [0.717, 1.165) is 16.9 Å². The van der Waals surface area contributed by atoms with Gasteiger partial charge in [0.2, 0.25) is 0 Å². The van der Waals surface area contributed by atoms with E-state index < -0.39 is 0 Å². The van der Waals surface area contributed by atoms with Gasteiger partial charge in [-0.1, -0.05) is 6.07 Å². The van der Waals surface area contributed by atoms with Gasteiger partial charge < -0.3 is 11.1 Å². The van der Waals surface area contributed by atoms with Gasteiger partial charge in [-0.05, 0) is 42.8 Å². The highest BCUT2D eigenvalue weighted by molar-refractivity contribution is 5.69. The maximum Gasteiger partial charge on any atom is 0.101 e. The Morgan fingerprint density at radius 1 is 1.00 bits per heavy atom. The number of nitrogen functional groups attached to an aromatic ring is 1. The molecule has 0 atom stereocenters. The van der Waals surface area contributed by atoms with Gasteiger partial charge in [0.1, 0.15) is 12.1 Å². The number of rotatable bonds is 2. The van der Waals surface area contributed by atoms with Crippen LogP contribution in [-0.4, -0.2) is 0 Å². The summed E-state index contributed by atoms with van der Waals surface area (Å²) in [5.74, 6) is 0. The van der Waals surface area contributed by atoms with Gasteiger partial charge in [-0.3, -0.25) is 0 Å². The van der Waals surface area contributed by atoms with Gasteiger partial charge in [-0.15, -0.1) is 0 Å². The first kappa shape index (κ1) is 12.5. The third kappa shape index (κ3) is 2.65. The number of hydrogen-bond acceptors (Lipinski definition) is 4. The molecule has 0 aliphatic carbocycles. The third-order valence-corrected chi connectivity index (χ3v) is 2.80. The molecule has 0 saturated carbocycles. The fourth-order valence-electron chi connectivity index (χ4n) is 1.74. The Morgan fingerprint density at radius 2 is 1.74 bits per heavy atom. The fourth-order valence-corrected chi connectivity index (χ4v) is 1.74. The number of anilines is 3. The molecule has 2 aromatic rings. The van der Waals surface area contributed by atoms with Crippen LogP contribution in [0.5, 0.6) is 0 Å². The first-order chi connectivity index (χ1) is 9.13. The smallest absolute Gasteiger partial charge is 0.101 e. The summed E-state index contributed by atoms with van der Waals surface area (Å²) in [5.41, 5.74) is 9.83. The predicted octanol–water partition coefficient (Wildman–Crippen LogP) is 3.06. The average molecular weight is 248 g/mol. The second-order valence-corrected chi connectivity index (χ2v) is 4.18. The quantitative estimate of drug-likeness (QED) is 0.800. The molecule has 0 fully saturated rings. The first-order valence-electron chi connectivity index (χ1n) is 5.71. The maximum absolute atomic E-state index is 8.99. The van der Waals surface area contributed by atoms with Gasteiger partial charge in [-0.2, -0.15) is 10.5 Å². The van der Waals surface area contributed by atoms with Crippen molar-refractivity contribution in [2.75, 3.05) is 11.1 Å². The van der Waals surface area contributed by atoms with Gasteiger partial charge in [-0.25, -0.2) is 0 Å². The van der Waals surface area contributed by atoms with Crippen LogP contribution >= 0.6 is 0 Å². The van der Waals surface area contributed by atoms with Crippen LogP contribution in [0.1, 0.15) is 16.7 Å². The molecule has 4 heteroatoms. The van der Waals surface area contributed by atoms with E-state index in [4.69, 9.17) is 16.3 Å². The van der Waals surface area contributed by atoms with Crippen molar-refractivity contribution >= 4 is 17.1 Å². The molecule has 0 unspecified atom stereocenters. The Bertz CT molecular complexity index is 705. The highest BCUT2D eigenvalue weighted by atomic mass is 14.9. The predicted molar refractivity (Wildman–Crippen MR) is 74.7 cm³/mol. The Kier molecular flexibility index (Phi) is 3.36. The molecular formula is C15H12N4. The Morgan fingerprint density at radius 3 is 2.42 bits per heavy atom. The number of aryl methyl sites for hydroxylation is 1. The molecule has 0 aliphatic rings. The van der Waals surface area contributed by atoms with Crippen LogP contribution in [0.15, 0.2) is 36.4 Å². The van der Waals surface area contributed by atoms with E-state index in [2.05, 4.69) is 5.32 Å². The summed E-state index contributed by atoms with van der Waals surface area (Å²) < 4.78 is 0. The van der Waals surface area contributed by atoms with Gasteiger partial charge in [0, 0.05) is 17.1 Å². The number of nitrogens with two attached hydrogens (primary N) is 1. The van der Waals surface area contributed by atoms with E-state index in [1.807, 2.05) is 37.3 Å². The Hall–Kier alpha value is -2.98. The largest absolute Gasteiger partial charge is 0.399 e. The lowest BCUT2D eigenvalue weighted by atomic mass is 10.1. The number of nitrogens with one attached hydrogen (secondary N) is 1. The lowest BCUT2D eigenvalue weighted by molar-refractivity contribution is 1.40. The van der Waals surface area contributed by atoms with Crippen molar-refractivity contribution in [2.24, 2.45) is 0 Å². The van der Waals surface area contributed by atoms with Crippen LogP contribution in [0, 0.1) is 29.6 Å². The van der Waals surface area contributed by atoms with Crippen LogP contribution in [0.25, 0.3) is 0 Å². The van der Waals surface area contributed by atoms with Crippen LogP contribution in [0.2, 0.25) is 0 Å². The normalized spacial score (nSPS) is 9.42. The highest BCUT2D eigenvalue weighted by Crippen LogP contribution is 2.24. The zero-order chi connectivity index (χ0) is 13.8. The van der Waals surface area contributed by atoms with Crippen molar-refractivity contribution in [3.63, 3.8) is 0 Å². The van der Waals surface area contributed by atoms with Crippen molar-refractivity contribution in [1.29, 1.82) is 10.5 Å². The minimum atomic E-state index is 0.356. The summed E-state index contributed by atoms with van der Waals surface area (Å²) in [5, 5.41) is 21.1. The number of hydrogen-bond donors (Lipinski definition) is 2. The molecule has 0 bridgehead atoms. The van der Waals surface area contributed by atoms with Gasteiger partial charge in [0.25, 0.3) is 0 Å². The van der Waals surface area contributed by atoms with Crippen molar-refractivity contribution in [3.05, 3.63) is 53.1 Å². The molecule has 92 valence electrons. The maximum atomic E-state index is 8.99. The molecule has 0 saturated heterocycles. The van der Waals surface area contributed by atoms with Gasteiger partial charge >= 0.3 is 0 Å².